The molecule has 0 fully saturated rings. The first-order chi connectivity index (χ1) is 5.63. The fourth-order valence-electron chi connectivity index (χ4n) is 0.839. The van der Waals surface area contributed by atoms with E-state index < -0.39 is 11.9 Å². The molecule has 0 unspecified atom stereocenters. The smallest absolute Gasteiger partial charge is 1.00 e. The van der Waals surface area contributed by atoms with E-state index in [9.17, 15) is 19.8 Å². The van der Waals surface area contributed by atoms with Crippen LogP contribution in [0.4, 0.5) is 0 Å². The van der Waals surface area contributed by atoms with Gasteiger partial charge in [0, 0.05) is 11.1 Å². The van der Waals surface area contributed by atoms with Crippen LogP contribution in [0.3, 0.4) is 0 Å². The molecule has 0 spiro atoms. The Hall–Kier alpha value is 1.71. The Morgan fingerprint density at radius 3 is 1.31 bits per heavy atom. The minimum Gasteiger partial charge on any atom is -1.00 e. The molecule has 0 aliphatic carbocycles. The zero-order chi connectivity index (χ0) is 9.14. The van der Waals surface area contributed by atoms with Crippen molar-refractivity contribution in [1.29, 1.82) is 0 Å². The van der Waals surface area contributed by atoms with Crippen LogP contribution >= 0.6 is 0 Å². The van der Waals surface area contributed by atoms with Gasteiger partial charge in [0.1, 0.15) is 0 Å². The van der Waals surface area contributed by atoms with E-state index in [0.29, 0.717) is 0 Å². The molecule has 0 aliphatic heterocycles. The summed E-state index contributed by atoms with van der Waals surface area (Å²) in [7, 11) is 0. The molecule has 0 aromatic heterocycles. The molecule has 0 bridgehead atoms. The summed E-state index contributed by atoms with van der Waals surface area (Å²) in [5, 5.41) is 20.6. The molecule has 70 valence electrons. The van der Waals surface area contributed by atoms with E-state index in [-0.39, 0.29) is 120 Å². The molecule has 0 amide bonds. The Kier molecular flexibility index (Phi) is 21.6. The molecule has 8 heteroatoms. The Morgan fingerprint density at radius 2 is 1.12 bits per heavy atom. The van der Waals surface area contributed by atoms with Gasteiger partial charge in [-0.1, -0.05) is 24.3 Å². The fraction of sp³-hybridized carbons (Fsp3) is 0. The maximum atomic E-state index is 10.3. The second-order valence-electron chi connectivity index (χ2n) is 2.12. The van der Waals surface area contributed by atoms with Gasteiger partial charge in [0.2, 0.25) is 0 Å². The van der Waals surface area contributed by atoms with E-state index in [0.717, 1.165) is 12.1 Å². The molecule has 0 atom stereocenters. The Labute approximate surface area is 173 Å². The van der Waals surface area contributed by atoms with Crippen molar-refractivity contribution in [1.82, 2.24) is 0 Å². The topological polar surface area (TPSA) is 80.3 Å². The monoisotopic (exact) mass is 285 g/mol. The van der Waals surface area contributed by atoms with E-state index in [1.165, 1.54) is 12.1 Å². The van der Waals surface area contributed by atoms with Crippen LogP contribution in [0.1, 0.15) is 20.7 Å². The van der Waals surface area contributed by atoms with Crippen LogP contribution in [0.25, 0.3) is 0 Å². The van der Waals surface area contributed by atoms with Crippen molar-refractivity contribution in [3.05, 3.63) is 35.4 Å². The molecule has 0 saturated carbocycles. The summed E-state index contributed by atoms with van der Waals surface area (Å²) in [5.41, 5.74) is -0.727. The molecule has 1 aromatic carbocycles. The molecule has 0 saturated heterocycles. The predicted molar refractivity (Wildman–Crippen MR) is 40.9 cm³/mol. The standard InChI is InChI=1S/C8H6O4.Ca.ClH.2Na/c9-7(10)5-3-1-2-4-6(5)8(11)12;;;;/h1-4H,(H,9,10)(H,11,12);;1H;;/q;+2;;2*+1/p-3. The quantitative estimate of drug-likeness (QED) is 0.506. The second kappa shape index (κ2) is 13.1. The number of carboxylic acid groups (broad SMARTS) is 2. The minimum absolute atomic E-state index is 0. The maximum absolute atomic E-state index is 10.3. The molecule has 1 aromatic rings. The zero-order valence-corrected chi connectivity index (χ0v) is 16.0. The number of rotatable bonds is 2. The third-order valence-corrected chi connectivity index (χ3v) is 1.37. The average molecular weight is 286 g/mol. The summed E-state index contributed by atoms with van der Waals surface area (Å²) in [4.78, 5) is 20.6. The molecule has 16 heavy (non-hydrogen) atoms. The fourth-order valence-corrected chi connectivity index (χ4v) is 0.839. The summed E-state index contributed by atoms with van der Waals surface area (Å²) in [6.45, 7) is 0. The zero-order valence-electron chi connectivity index (χ0n) is 9.03. The van der Waals surface area contributed by atoms with E-state index in [2.05, 4.69) is 0 Å². The van der Waals surface area contributed by atoms with Crippen molar-refractivity contribution in [2.75, 3.05) is 0 Å². The van der Waals surface area contributed by atoms with Crippen LogP contribution in [-0.2, 0) is 0 Å². The van der Waals surface area contributed by atoms with Crippen molar-refractivity contribution in [2.24, 2.45) is 0 Å². The SMILES string of the molecule is O=C([O-])c1ccccc1C(=O)[O-].[Ca+2].[Cl-].[Na+].[Na+]. The van der Waals surface area contributed by atoms with Crippen molar-refractivity contribution in [2.45, 2.75) is 0 Å². The van der Waals surface area contributed by atoms with Gasteiger partial charge in [-0.05, 0) is 0 Å². The summed E-state index contributed by atoms with van der Waals surface area (Å²) in [6, 6.07) is 5.14. The van der Waals surface area contributed by atoms with E-state index in [1.54, 1.807) is 0 Å². The van der Waals surface area contributed by atoms with Crippen molar-refractivity contribution >= 4 is 49.7 Å². The van der Waals surface area contributed by atoms with Gasteiger partial charge in [0.05, 0.1) is 11.9 Å². The molecule has 4 nitrogen and oxygen atoms in total. The first kappa shape index (κ1) is 26.3. The number of benzene rings is 1. The largest absolute Gasteiger partial charge is 2.00 e. The summed E-state index contributed by atoms with van der Waals surface area (Å²) in [6.07, 6.45) is 0. The van der Waals surface area contributed by atoms with Gasteiger partial charge in [-0.15, -0.1) is 0 Å². The normalized spacial score (nSPS) is 7.00. The van der Waals surface area contributed by atoms with Gasteiger partial charge in [-0.3, -0.25) is 0 Å². The Balaban J connectivity index is -0.000000180. The molecule has 1 rings (SSSR count). The number of hydrogen-bond donors (Lipinski definition) is 0. The number of carbonyl (C=O) groups is 2. The minimum atomic E-state index is -1.52. The van der Waals surface area contributed by atoms with Crippen LogP contribution in [0.15, 0.2) is 24.3 Å². The molecule has 0 heterocycles. The molecule has 0 N–H and O–H groups in total. The van der Waals surface area contributed by atoms with Crippen molar-refractivity contribution < 1.29 is 91.3 Å². The summed E-state index contributed by atoms with van der Waals surface area (Å²) in [5.74, 6) is -3.04. The third-order valence-electron chi connectivity index (χ3n) is 1.37. The van der Waals surface area contributed by atoms with Gasteiger partial charge < -0.3 is 32.2 Å². The first-order valence-electron chi connectivity index (χ1n) is 3.14. The van der Waals surface area contributed by atoms with Crippen LogP contribution in [0, 0.1) is 0 Å². The van der Waals surface area contributed by atoms with Crippen molar-refractivity contribution in [3.8, 4) is 0 Å². The van der Waals surface area contributed by atoms with E-state index in [4.69, 9.17) is 0 Å². The van der Waals surface area contributed by atoms with E-state index >= 15 is 0 Å². The molecular formula is C8H4CaClNa2O4+. The van der Waals surface area contributed by atoms with Gasteiger partial charge in [-0.25, -0.2) is 0 Å². The van der Waals surface area contributed by atoms with Gasteiger partial charge in [0.25, 0.3) is 0 Å². The number of hydrogen-bond acceptors (Lipinski definition) is 4. The maximum Gasteiger partial charge on any atom is 2.00 e. The van der Waals surface area contributed by atoms with Gasteiger partial charge in [0.15, 0.2) is 0 Å². The van der Waals surface area contributed by atoms with Gasteiger partial charge >= 0.3 is 96.9 Å². The number of carbonyl (C=O) groups excluding carboxylic acids is 2. The van der Waals surface area contributed by atoms with Gasteiger partial charge in [-0.2, -0.15) is 0 Å². The van der Waals surface area contributed by atoms with Crippen LogP contribution in [-0.4, -0.2) is 49.7 Å². The Bertz CT molecular complexity index is 316. The van der Waals surface area contributed by atoms with E-state index in [1.807, 2.05) is 0 Å². The van der Waals surface area contributed by atoms with Crippen molar-refractivity contribution in [3.63, 3.8) is 0 Å². The first-order valence-corrected chi connectivity index (χ1v) is 3.14. The summed E-state index contributed by atoms with van der Waals surface area (Å²) < 4.78 is 0. The average Bonchev–Trinajstić information content (AvgIpc) is 2.04. The summed E-state index contributed by atoms with van der Waals surface area (Å²) >= 11 is 0. The number of aromatic carboxylic acids is 2. The third kappa shape index (κ3) is 7.93. The van der Waals surface area contributed by atoms with Crippen LogP contribution in [0.5, 0.6) is 0 Å². The number of halogens is 1. The molecule has 0 aliphatic rings. The van der Waals surface area contributed by atoms with Crippen LogP contribution in [0.2, 0.25) is 0 Å². The second-order valence-corrected chi connectivity index (χ2v) is 2.12. The Morgan fingerprint density at radius 1 is 0.875 bits per heavy atom. The van der Waals surface area contributed by atoms with Crippen LogP contribution < -0.4 is 81.7 Å². The predicted octanol–water partition coefficient (Wildman–Crippen LogP) is -11.0. The number of carboxylic acids is 2. The molecule has 0 radical (unpaired) electrons. The molecular weight excluding hydrogens is 282 g/mol.